The van der Waals surface area contributed by atoms with E-state index in [9.17, 15) is 14.9 Å². The minimum atomic E-state index is -0.560. The van der Waals surface area contributed by atoms with Gasteiger partial charge in [-0.2, -0.15) is 0 Å². The summed E-state index contributed by atoms with van der Waals surface area (Å²) >= 11 is 0. The van der Waals surface area contributed by atoms with Gasteiger partial charge in [0.2, 0.25) is 5.82 Å². The van der Waals surface area contributed by atoms with Crippen molar-refractivity contribution in [2.45, 2.75) is 39.3 Å². The van der Waals surface area contributed by atoms with E-state index in [1.54, 1.807) is 11.0 Å². The summed E-state index contributed by atoms with van der Waals surface area (Å²) in [5, 5.41) is 10.8. The quantitative estimate of drug-likeness (QED) is 0.648. The Bertz CT molecular complexity index is 643. The first-order valence-corrected chi connectivity index (χ1v) is 7.74. The number of anilines is 2. The predicted molar refractivity (Wildman–Crippen MR) is 89.9 cm³/mol. The first-order chi connectivity index (χ1) is 11.1. The largest absolute Gasteiger partial charge is 0.444 e. The molecule has 0 radical (unpaired) electrons. The molecular weight excluding hydrogens is 314 g/mol. The van der Waals surface area contributed by atoms with Gasteiger partial charge in [0.1, 0.15) is 11.4 Å². The summed E-state index contributed by atoms with van der Waals surface area (Å²) in [4.78, 5) is 30.2. The van der Waals surface area contributed by atoms with Crippen LogP contribution in [-0.4, -0.2) is 52.2 Å². The van der Waals surface area contributed by atoms with Gasteiger partial charge in [-0.3, -0.25) is 10.1 Å². The summed E-state index contributed by atoms with van der Waals surface area (Å²) in [5.41, 5.74) is 4.91. The second kappa shape index (κ2) is 6.50. The molecule has 2 heterocycles. The average Bonchev–Trinajstić information content (AvgIpc) is 2.44. The Hall–Kier alpha value is -2.58. The smallest absolute Gasteiger partial charge is 0.410 e. The highest BCUT2D eigenvalue weighted by Crippen LogP contribution is 2.25. The highest BCUT2D eigenvalue weighted by atomic mass is 16.6. The maximum atomic E-state index is 12.2. The number of nitrogens with two attached hydrogens (primary N) is 1. The summed E-state index contributed by atoms with van der Waals surface area (Å²) < 4.78 is 5.39. The molecule has 1 aromatic heterocycles. The van der Waals surface area contributed by atoms with Gasteiger partial charge in [0.15, 0.2) is 0 Å². The highest BCUT2D eigenvalue weighted by Gasteiger charge is 2.31. The molecule has 9 heteroatoms. The van der Waals surface area contributed by atoms with Crippen molar-refractivity contribution in [3.8, 4) is 0 Å². The van der Waals surface area contributed by atoms with E-state index in [0.717, 1.165) is 0 Å². The molecule has 1 fully saturated rings. The second-order valence-electron chi connectivity index (χ2n) is 6.80. The van der Waals surface area contributed by atoms with Crippen LogP contribution >= 0.6 is 0 Å². The van der Waals surface area contributed by atoms with Gasteiger partial charge in [-0.1, -0.05) is 0 Å². The van der Waals surface area contributed by atoms with E-state index in [2.05, 4.69) is 4.98 Å². The number of rotatable bonds is 2. The van der Waals surface area contributed by atoms with Gasteiger partial charge >= 0.3 is 11.8 Å². The zero-order valence-electron chi connectivity index (χ0n) is 14.4. The number of pyridine rings is 1. The van der Waals surface area contributed by atoms with Crippen LogP contribution in [-0.2, 0) is 4.74 Å². The number of piperazine rings is 1. The summed E-state index contributed by atoms with van der Waals surface area (Å²) in [7, 11) is 0. The van der Waals surface area contributed by atoms with Crippen LogP contribution in [0.4, 0.5) is 22.1 Å². The summed E-state index contributed by atoms with van der Waals surface area (Å²) in [6.07, 6.45) is -0.342. The molecule has 24 heavy (non-hydrogen) atoms. The number of nitrogen functional groups attached to an aromatic ring is 1. The lowest BCUT2D eigenvalue weighted by Gasteiger charge is -2.40. The lowest BCUT2D eigenvalue weighted by Crippen LogP contribution is -2.54. The minimum Gasteiger partial charge on any atom is -0.444 e. The molecule has 1 aliphatic rings. The maximum Gasteiger partial charge on any atom is 0.410 e. The van der Waals surface area contributed by atoms with E-state index < -0.39 is 10.5 Å². The highest BCUT2D eigenvalue weighted by molar-refractivity contribution is 5.69. The third-order valence-corrected chi connectivity index (χ3v) is 3.66. The second-order valence-corrected chi connectivity index (χ2v) is 6.80. The van der Waals surface area contributed by atoms with Gasteiger partial charge in [0.05, 0.1) is 4.92 Å². The van der Waals surface area contributed by atoms with Crippen LogP contribution in [0.25, 0.3) is 0 Å². The number of hydrogen-bond acceptors (Lipinski definition) is 7. The summed E-state index contributed by atoms with van der Waals surface area (Å²) in [6, 6.07) is 2.92. The van der Waals surface area contributed by atoms with Gasteiger partial charge in [-0.25, -0.2) is 9.78 Å². The maximum absolute atomic E-state index is 12.2. The number of carbonyl (C=O) groups is 1. The third-order valence-electron chi connectivity index (χ3n) is 3.66. The van der Waals surface area contributed by atoms with Crippen molar-refractivity contribution in [3.05, 3.63) is 22.2 Å². The average molecular weight is 337 g/mol. The number of carbonyl (C=O) groups excluding carboxylic acids is 1. The van der Waals surface area contributed by atoms with Crippen molar-refractivity contribution in [1.82, 2.24) is 9.88 Å². The number of ether oxygens (including phenoxy) is 1. The molecule has 1 saturated heterocycles. The van der Waals surface area contributed by atoms with Crippen LogP contribution in [0, 0.1) is 10.1 Å². The van der Waals surface area contributed by atoms with E-state index >= 15 is 0 Å². The SMILES string of the molecule is C[C@H]1CN(C(=O)OC(C)(C)C)CCN1c1ccc([N+](=O)[O-])c(N)n1. The standard InChI is InChI=1S/C15H23N5O4/c1-10-9-18(14(21)24-15(2,3)4)7-8-19(10)12-6-5-11(20(22)23)13(16)17-12/h5-6,10H,7-9H2,1-4H3,(H2,16,17)/t10-/m0/s1. The fourth-order valence-corrected chi connectivity index (χ4v) is 2.56. The molecule has 0 unspecified atom stereocenters. The van der Waals surface area contributed by atoms with Crippen molar-refractivity contribution < 1.29 is 14.5 Å². The lowest BCUT2D eigenvalue weighted by atomic mass is 10.2. The Labute approximate surface area is 140 Å². The molecule has 0 saturated carbocycles. The molecule has 1 aromatic rings. The Morgan fingerprint density at radius 2 is 2.08 bits per heavy atom. The van der Waals surface area contributed by atoms with Crippen LogP contribution in [0.2, 0.25) is 0 Å². The molecular formula is C15H23N5O4. The zero-order valence-corrected chi connectivity index (χ0v) is 14.4. The van der Waals surface area contributed by atoms with Crippen LogP contribution in [0.3, 0.4) is 0 Å². The van der Waals surface area contributed by atoms with Crippen molar-refractivity contribution in [2.24, 2.45) is 0 Å². The number of nitrogens with zero attached hydrogens (tertiary/aromatic N) is 4. The molecule has 0 spiro atoms. The van der Waals surface area contributed by atoms with Crippen LogP contribution in [0.5, 0.6) is 0 Å². The third kappa shape index (κ3) is 4.03. The monoisotopic (exact) mass is 337 g/mol. The minimum absolute atomic E-state index is 0.0142. The number of aromatic nitrogens is 1. The van der Waals surface area contributed by atoms with Crippen LogP contribution in [0.1, 0.15) is 27.7 Å². The van der Waals surface area contributed by atoms with Gasteiger partial charge in [-0.05, 0) is 33.8 Å². The van der Waals surface area contributed by atoms with Gasteiger partial charge < -0.3 is 20.3 Å². The number of nitro groups is 1. The van der Waals surface area contributed by atoms with Crippen LogP contribution in [0.15, 0.2) is 12.1 Å². The van der Waals surface area contributed by atoms with Crippen molar-refractivity contribution in [1.29, 1.82) is 0 Å². The van der Waals surface area contributed by atoms with E-state index in [0.29, 0.717) is 25.5 Å². The molecule has 1 atom stereocenters. The fourth-order valence-electron chi connectivity index (χ4n) is 2.56. The number of hydrogen-bond donors (Lipinski definition) is 1. The predicted octanol–water partition coefficient (Wildman–Crippen LogP) is 2.02. The topological polar surface area (TPSA) is 115 Å². The first-order valence-electron chi connectivity index (χ1n) is 7.74. The Kier molecular flexibility index (Phi) is 4.81. The fraction of sp³-hybridized carbons (Fsp3) is 0.600. The van der Waals surface area contributed by atoms with E-state index in [1.165, 1.54) is 6.07 Å². The van der Waals surface area contributed by atoms with Gasteiger partial charge in [0, 0.05) is 31.7 Å². The summed E-state index contributed by atoms with van der Waals surface area (Å²) in [5.74, 6) is 0.453. The molecule has 0 bridgehead atoms. The Balaban J connectivity index is 2.07. The summed E-state index contributed by atoms with van der Waals surface area (Å²) in [6.45, 7) is 8.95. The lowest BCUT2D eigenvalue weighted by molar-refractivity contribution is -0.384. The first kappa shape index (κ1) is 17.8. The molecule has 1 aliphatic heterocycles. The molecule has 9 nitrogen and oxygen atoms in total. The van der Waals surface area contributed by atoms with Crippen LogP contribution < -0.4 is 10.6 Å². The molecule has 0 aromatic carbocycles. The van der Waals surface area contributed by atoms with E-state index in [-0.39, 0.29) is 23.6 Å². The Morgan fingerprint density at radius 1 is 1.42 bits per heavy atom. The van der Waals surface area contributed by atoms with Crippen molar-refractivity contribution in [3.63, 3.8) is 0 Å². The van der Waals surface area contributed by atoms with E-state index in [4.69, 9.17) is 10.5 Å². The molecule has 1 amide bonds. The molecule has 0 aliphatic carbocycles. The Morgan fingerprint density at radius 3 is 2.58 bits per heavy atom. The van der Waals surface area contributed by atoms with Crippen molar-refractivity contribution >= 4 is 23.4 Å². The van der Waals surface area contributed by atoms with Gasteiger partial charge in [0.25, 0.3) is 0 Å². The molecule has 132 valence electrons. The van der Waals surface area contributed by atoms with Crippen molar-refractivity contribution in [2.75, 3.05) is 30.3 Å². The molecule has 2 rings (SSSR count). The zero-order chi connectivity index (χ0) is 18.1. The number of amides is 1. The molecule has 2 N–H and O–H groups in total. The normalized spacial score (nSPS) is 18.4. The van der Waals surface area contributed by atoms with E-state index in [1.807, 2.05) is 32.6 Å². The van der Waals surface area contributed by atoms with Gasteiger partial charge in [-0.15, -0.1) is 0 Å².